The van der Waals surface area contributed by atoms with E-state index < -0.39 is 11.9 Å². The predicted octanol–water partition coefficient (Wildman–Crippen LogP) is 4.51. The number of carbonyl (C=O) groups is 2. The fourth-order valence-electron chi connectivity index (χ4n) is 2.81. The van der Waals surface area contributed by atoms with E-state index in [-0.39, 0.29) is 11.1 Å². The van der Waals surface area contributed by atoms with Gasteiger partial charge in [-0.25, -0.2) is 4.79 Å². The van der Waals surface area contributed by atoms with Gasteiger partial charge in [0.25, 0.3) is 5.91 Å². The zero-order valence-electron chi connectivity index (χ0n) is 16.3. The number of ether oxygens (including phenoxy) is 1. The lowest BCUT2D eigenvalue weighted by Crippen LogP contribution is -2.13. The number of benzene rings is 2. The number of hydrogen-bond donors (Lipinski definition) is 2. The summed E-state index contributed by atoms with van der Waals surface area (Å²) >= 11 is 0. The fraction of sp³-hybridized carbons (Fsp3) is 0.0870. The molecule has 0 aliphatic rings. The summed E-state index contributed by atoms with van der Waals surface area (Å²) in [7, 11) is 1.55. The summed E-state index contributed by atoms with van der Waals surface area (Å²) in [6.45, 7) is 1.78. The quantitative estimate of drug-likeness (QED) is 0.463. The first-order valence-electron chi connectivity index (χ1n) is 8.92. The van der Waals surface area contributed by atoms with Crippen LogP contribution in [0.25, 0.3) is 17.4 Å². The summed E-state index contributed by atoms with van der Waals surface area (Å²) in [5.74, 6) is -0.0904. The molecule has 0 radical (unpaired) electrons. The molecule has 0 aliphatic heterocycles. The maximum absolute atomic E-state index is 12.4. The number of rotatable bonds is 6. The summed E-state index contributed by atoms with van der Waals surface area (Å²) in [6, 6.07) is 16.6. The van der Waals surface area contributed by atoms with Crippen molar-refractivity contribution in [1.82, 2.24) is 0 Å². The van der Waals surface area contributed by atoms with Gasteiger partial charge in [-0.1, -0.05) is 6.07 Å². The smallest absolute Gasteiger partial charge is 0.335 e. The Morgan fingerprint density at radius 1 is 1.13 bits per heavy atom. The highest BCUT2D eigenvalue weighted by Crippen LogP contribution is 2.27. The Balaban J connectivity index is 1.80. The number of nitrogens with one attached hydrogen (secondary N) is 1. The van der Waals surface area contributed by atoms with E-state index >= 15 is 0 Å². The van der Waals surface area contributed by atoms with Crippen molar-refractivity contribution in [3.8, 4) is 23.1 Å². The number of anilines is 1. The van der Waals surface area contributed by atoms with E-state index in [1.807, 2.05) is 6.07 Å². The molecule has 3 aromatic rings. The first-order chi connectivity index (χ1) is 14.4. The lowest BCUT2D eigenvalue weighted by atomic mass is 10.0. The maximum Gasteiger partial charge on any atom is 0.335 e. The lowest BCUT2D eigenvalue weighted by molar-refractivity contribution is -0.112. The number of aromatic carboxylic acids is 1. The Hall–Kier alpha value is -4.31. The van der Waals surface area contributed by atoms with Crippen LogP contribution in [0.15, 0.2) is 64.6 Å². The molecule has 0 spiro atoms. The number of methoxy groups -OCH3 is 1. The fourth-order valence-corrected chi connectivity index (χ4v) is 2.81. The molecule has 0 atom stereocenters. The number of carboxylic acid groups (broad SMARTS) is 1. The summed E-state index contributed by atoms with van der Waals surface area (Å²) in [5.41, 5.74) is 2.05. The molecular weight excluding hydrogens is 384 g/mol. The van der Waals surface area contributed by atoms with Gasteiger partial charge in [-0.2, -0.15) is 5.26 Å². The Kier molecular flexibility index (Phi) is 5.99. The molecule has 1 aromatic heterocycles. The second-order valence-corrected chi connectivity index (χ2v) is 6.39. The number of carbonyl (C=O) groups excluding carboxylic acids is 1. The molecule has 7 nitrogen and oxygen atoms in total. The van der Waals surface area contributed by atoms with Gasteiger partial charge < -0.3 is 19.6 Å². The number of nitriles is 1. The molecule has 1 heterocycles. The average Bonchev–Trinajstić information content (AvgIpc) is 3.20. The molecule has 0 aliphatic carbocycles. The molecule has 3 rings (SSSR count). The van der Waals surface area contributed by atoms with E-state index in [0.29, 0.717) is 23.0 Å². The van der Waals surface area contributed by atoms with Crippen molar-refractivity contribution in [3.63, 3.8) is 0 Å². The summed E-state index contributed by atoms with van der Waals surface area (Å²) in [4.78, 5) is 23.5. The Labute approximate surface area is 172 Å². The number of nitrogens with zero attached hydrogens (tertiary/aromatic N) is 1. The van der Waals surface area contributed by atoms with Crippen LogP contribution in [0, 0.1) is 18.3 Å². The second kappa shape index (κ2) is 8.80. The van der Waals surface area contributed by atoms with Crippen molar-refractivity contribution in [2.75, 3.05) is 12.4 Å². The van der Waals surface area contributed by atoms with Crippen LogP contribution in [-0.2, 0) is 4.79 Å². The van der Waals surface area contributed by atoms with Crippen molar-refractivity contribution in [2.45, 2.75) is 6.92 Å². The van der Waals surface area contributed by atoms with E-state index in [1.54, 1.807) is 62.6 Å². The molecule has 0 saturated heterocycles. The monoisotopic (exact) mass is 402 g/mol. The van der Waals surface area contributed by atoms with Crippen LogP contribution >= 0.6 is 0 Å². The molecule has 150 valence electrons. The number of hydrogen-bond acceptors (Lipinski definition) is 5. The van der Waals surface area contributed by atoms with Crippen LogP contribution in [0.1, 0.15) is 21.7 Å². The minimum Gasteiger partial charge on any atom is -0.497 e. The van der Waals surface area contributed by atoms with Gasteiger partial charge in [0.05, 0.1) is 12.7 Å². The van der Waals surface area contributed by atoms with Gasteiger partial charge in [-0.05, 0) is 61.0 Å². The van der Waals surface area contributed by atoms with Crippen molar-refractivity contribution >= 4 is 23.6 Å². The summed E-state index contributed by atoms with van der Waals surface area (Å²) in [5, 5.41) is 21.1. The van der Waals surface area contributed by atoms with Gasteiger partial charge >= 0.3 is 5.97 Å². The van der Waals surface area contributed by atoms with E-state index in [1.165, 1.54) is 12.1 Å². The summed E-state index contributed by atoms with van der Waals surface area (Å²) < 4.78 is 10.8. The first kappa shape index (κ1) is 20.4. The number of aryl methyl sites for hydroxylation is 1. The van der Waals surface area contributed by atoms with Gasteiger partial charge in [0.15, 0.2) is 0 Å². The van der Waals surface area contributed by atoms with E-state index in [9.17, 15) is 14.9 Å². The van der Waals surface area contributed by atoms with Crippen molar-refractivity contribution in [3.05, 3.63) is 77.1 Å². The first-order valence-corrected chi connectivity index (χ1v) is 8.92. The highest BCUT2D eigenvalue weighted by Gasteiger charge is 2.13. The zero-order valence-corrected chi connectivity index (χ0v) is 16.3. The lowest BCUT2D eigenvalue weighted by Gasteiger charge is -2.05. The SMILES string of the molecule is COc1ccc(NC(=O)/C(C#N)=C\c2ccc(-c3ccc(C(=O)O)cc3C)o2)cc1. The molecule has 0 bridgehead atoms. The van der Waals surface area contributed by atoms with Gasteiger partial charge in [0, 0.05) is 17.3 Å². The van der Waals surface area contributed by atoms with Crippen LogP contribution in [0.4, 0.5) is 5.69 Å². The van der Waals surface area contributed by atoms with Crippen LogP contribution in [0.2, 0.25) is 0 Å². The largest absolute Gasteiger partial charge is 0.497 e. The van der Waals surface area contributed by atoms with E-state index in [4.69, 9.17) is 14.3 Å². The van der Waals surface area contributed by atoms with E-state index in [0.717, 1.165) is 11.1 Å². The maximum atomic E-state index is 12.4. The molecule has 1 amide bonds. The molecule has 0 fully saturated rings. The van der Waals surface area contributed by atoms with Crippen LogP contribution in [0.5, 0.6) is 5.75 Å². The topological polar surface area (TPSA) is 113 Å². The third kappa shape index (κ3) is 4.56. The number of carboxylic acids is 1. The van der Waals surface area contributed by atoms with Crippen molar-refractivity contribution in [1.29, 1.82) is 5.26 Å². The van der Waals surface area contributed by atoms with Gasteiger partial charge in [-0.3, -0.25) is 4.79 Å². The number of amides is 1. The number of furan rings is 1. The van der Waals surface area contributed by atoms with Gasteiger partial charge in [-0.15, -0.1) is 0 Å². The van der Waals surface area contributed by atoms with Crippen molar-refractivity contribution < 1.29 is 23.8 Å². The Morgan fingerprint density at radius 3 is 2.47 bits per heavy atom. The van der Waals surface area contributed by atoms with Crippen LogP contribution < -0.4 is 10.1 Å². The molecule has 2 aromatic carbocycles. The normalized spacial score (nSPS) is 10.9. The Bertz CT molecular complexity index is 1170. The molecule has 0 saturated carbocycles. The van der Waals surface area contributed by atoms with Crippen molar-refractivity contribution in [2.24, 2.45) is 0 Å². The highest BCUT2D eigenvalue weighted by molar-refractivity contribution is 6.09. The molecule has 2 N–H and O–H groups in total. The minimum absolute atomic E-state index is 0.121. The second-order valence-electron chi connectivity index (χ2n) is 6.39. The third-order valence-electron chi connectivity index (χ3n) is 4.37. The molecular formula is C23H18N2O5. The van der Waals surface area contributed by atoms with Gasteiger partial charge in [0.1, 0.15) is 28.9 Å². The molecule has 7 heteroatoms. The zero-order chi connectivity index (χ0) is 21.7. The molecule has 30 heavy (non-hydrogen) atoms. The molecule has 0 unspecified atom stereocenters. The van der Waals surface area contributed by atoms with E-state index in [2.05, 4.69) is 5.32 Å². The average molecular weight is 402 g/mol. The van der Waals surface area contributed by atoms with Gasteiger partial charge in [0.2, 0.25) is 0 Å². The highest BCUT2D eigenvalue weighted by atomic mass is 16.5. The van der Waals surface area contributed by atoms with Crippen LogP contribution in [0.3, 0.4) is 0 Å². The predicted molar refractivity (Wildman–Crippen MR) is 111 cm³/mol. The Morgan fingerprint density at radius 2 is 1.87 bits per heavy atom. The van der Waals surface area contributed by atoms with Crippen LogP contribution in [-0.4, -0.2) is 24.1 Å². The summed E-state index contributed by atoms with van der Waals surface area (Å²) in [6.07, 6.45) is 1.35. The minimum atomic E-state index is -1.01. The standard InChI is InChI=1S/C23H18N2O5/c1-14-11-15(23(27)28)3-9-20(14)21-10-8-19(30-21)12-16(13-24)22(26)25-17-4-6-18(29-2)7-5-17/h3-12H,1-2H3,(H,25,26)(H,27,28)/b16-12-. The third-order valence-corrected chi connectivity index (χ3v) is 4.37.